The Balaban J connectivity index is 1.42. The molecule has 4 aromatic rings. The van der Waals surface area contributed by atoms with Gasteiger partial charge in [0.05, 0.1) is 19.0 Å². The van der Waals surface area contributed by atoms with Crippen LogP contribution in [0.25, 0.3) is 10.9 Å². The van der Waals surface area contributed by atoms with Crippen molar-refractivity contribution in [1.82, 2.24) is 9.88 Å². The first-order valence-corrected chi connectivity index (χ1v) is 13.9. The van der Waals surface area contributed by atoms with Crippen LogP contribution in [-0.2, 0) is 28.9 Å². The summed E-state index contributed by atoms with van der Waals surface area (Å²) in [6, 6.07) is 17.7. The number of carbonyl (C=O) groups is 1. The summed E-state index contributed by atoms with van der Waals surface area (Å²) in [5.74, 6) is -0.766. The van der Waals surface area contributed by atoms with Gasteiger partial charge >= 0.3 is 6.18 Å². The topological polar surface area (TPSA) is 68.2 Å². The number of amides is 1. The van der Waals surface area contributed by atoms with E-state index in [-0.39, 0.29) is 39.8 Å². The molecule has 3 aromatic carbocycles. The molecule has 1 aliphatic carbocycles. The van der Waals surface area contributed by atoms with Gasteiger partial charge in [0, 0.05) is 41.1 Å². The van der Waals surface area contributed by atoms with E-state index in [0.29, 0.717) is 11.1 Å². The van der Waals surface area contributed by atoms with E-state index in [1.54, 1.807) is 30.3 Å². The Morgan fingerprint density at radius 1 is 1.05 bits per heavy atom. The molecule has 0 spiro atoms. The van der Waals surface area contributed by atoms with Crippen molar-refractivity contribution in [2.24, 2.45) is 0 Å². The fourth-order valence-electron chi connectivity index (χ4n) is 4.59. The van der Waals surface area contributed by atoms with Crippen LogP contribution < -0.4 is 5.32 Å². The van der Waals surface area contributed by atoms with Gasteiger partial charge in [0.2, 0.25) is 0 Å². The van der Waals surface area contributed by atoms with Gasteiger partial charge in [-0.2, -0.15) is 13.2 Å². The van der Waals surface area contributed by atoms with E-state index in [9.17, 15) is 26.4 Å². The lowest BCUT2D eigenvalue weighted by Crippen LogP contribution is -2.22. The smallest absolute Gasteiger partial charge is 0.348 e. The van der Waals surface area contributed by atoms with E-state index >= 15 is 0 Å². The summed E-state index contributed by atoms with van der Waals surface area (Å²) in [7, 11) is -3.45. The SMILES string of the molecule is [2H]C([2H])(NC(=O)c1ccc2c(c1)cc(Cc1ccccc1C(F)(F)F)n2C1CC1)c1ccc(S(=O)(=O)CC)cc1. The van der Waals surface area contributed by atoms with E-state index in [4.69, 9.17) is 2.74 Å². The number of hydrogen-bond acceptors (Lipinski definition) is 3. The Morgan fingerprint density at radius 2 is 1.76 bits per heavy atom. The molecule has 0 bridgehead atoms. The van der Waals surface area contributed by atoms with Crippen molar-refractivity contribution in [3.8, 4) is 0 Å². The van der Waals surface area contributed by atoms with Gasteiger partial charge in [-0.15, -0.1) is 0 Å². The minimum Gasteiger partial charge on any atom is -0.348 e. The number of carbonyl (C=O) groups excluding carboxylic acids is 1. The second-order valence-corrected chi connectivity index (χ2v) is 11.6. The number of nitrogens with one attached hydrogen (secondary N) is 1. The van der Waals surface area contributed by atoms with Crippen molar-refractivity contribution in [2.75, 3.05) is 5.75 Å². The zero-order valence-electron chi connectivity index (χ0n) is 22.5. The zero-order valence-corrected chi connectivity index (χ0v) is 21.4. The molecule has 5 rings (SSSR count). The first kappa shape index (κ1) is 23.5. The van der Waals surface area contributed by atoms with E-state index in [1.165, 1.54) is 43.3 Å². The Bertz CT molecular complexity index is 1690. The van der Waals surface area contributed by atoms with E-state index in [2.05, 4.69) is 5.32 Å². The lowest BCUT2D eigenvalue weighted by molar-refractivity contribution is -0.138. The molecule has 9 heteroatoms. The number of benzene rings is 3. The van der Waals surface area contributed by atoms with Crippen LogP contribution >= 0.6 is 0 Å². The molecular weight excluding hydrogens is 513 g/mol. The van der Waals surface area contributed by atoms with Crippen molar-refractivity contribution in [3.63, 3.8) is 0 Å². The van der Waals surface area contributed by atoms with Gasteiger partial charge in [0.25, 0.3) is 5.91 Å². The molecule has 0 atom stereocenters. The molecule has 1 heterocycles. The van der Waals surface area contributed by atoms with Crippen molar-refractivity contribution in [1.29, 1.82) is 0 Å². The largest absolute Gasteiger partial charge is 0.416 e. The molecule has 1 fully saturated rings. The molecule has 0 radical (unpaired) electrons. The Morgan fingerprint density at radius 3 is 2.42 bits per heavy atom. The first-order chi connectivity index (χ1) is 18.8. The second kappa shape index (κ2) is 9.94. The van der Waals surface area contributed by atoms with Crippen LogP contribution in [0.1, 0.15) is 61.3 Å². The van der Waals surface area contributed by atoms with Gasteiger partial charge < -0.3 is 9.88 Å². The zero-order chi connectivity index (χ0) is 28.9. The standard InChI is InChI=1S/C29H27F3N2O3S/c1-2-38(36,37)25-12-7-19(8-13-25)18-33-28(35)21-9-14-27-22(15-21)17-24(34(27)23-10-11-23)16-20-5-3-4-6-26(20)29(30,31)32/h3-9,12-15,17,23H,2,10-11,16,18H2,1H3,(H,33,35)/i18D2. The molecule has 1 aromatic heterocycles. The lowest BCUT2D eigenvalue weighted by atomic mass is 10.0. The Hall–Kier alpha value is -3.59. The predicted octanol–water partition coefficient (Wildman–Crippen LogP) is 6.31. The van der Waals surface area contributed by atoms with Crippen molar-refractivity contribution >= 4 is 26.6 Å². The fraction of sp³-hybridized carbons (Fsp3) is 0.276. The number of nitrogens with zero attached hydrogens (tertiary/aromatic N) is 1. The third kappa shape index (κ3) is 5.34. The van der Waals surface area contributed by atoms with Gasteiger partial charge in [-0.1, -0.05) is 37.3 Å². The monoisotopic (exact) mass is 542 g/mol. The Kier molecular flexibility index (Phi) is 6.15. The van der Waals surface area contributed by atoms with Gasteiger partial charge in [-0.3, -0.25) is 4.79 Å². The molecule has 38 heavy (non-hydrogen) atoms. The number of rotatable bonds is 8. The van der Waals surface area contributed by atoms with Crippen LogP contribution in [0.5, 0.6) is 0 Å². The van der Waals surface area contributed by atoms with Gasteiger partial charge in [-0.05, 0) is 66.4 Å². The van der Waals surface area contributed by atoms with Gasteiger partial charge in [0.15, 0.2) is 9.84 Å². The summed E-state index contributed by atoms with van der Waals surface area (Å²) < 4.78 is 83.7. The maximum Gasteiger partial charge on any atom is 0.416 e. The van der Waals surface area contributed by atoms with Crippen molar-refractivity contribution in [2.45, 2.75) is 49.8 Å². The number of aromatic nitrogens is 1. The van der Waals surface area contributed by atoms with Crippen LogP contribution in [0.4, 0.5) is 13.2 Å². The average Bonchev–Trinajstić information content (AvgIpc) is 3.68. The summed E-state index contributed by atoms with van der Waals surface area (Å²) in [5, 5.41) is 3.03. The summed E-state index contributed by atoms with van der Waals surface area (Å²) >= 11 is 0. The molecule has 1 aliphatic rings. The number of sulfone groups is 1. The number of fused-ring (bicyclic) bond motifs is 1. The van der Waals surface area contributed by atoms with Crippen LogP contribution in [0.2, 0.25) is 0 Å². The molecule has 1 saturated carbocycles. The molecule has 0 unspecified atom stereocenters. The molecule has 5 nitrogen and oxygen atoms in total. The number of hydrogen-bond donors (Lipinski definition) is 1. The second-order valence-electron chi connectivity index (χ2n) is 9.35. The maximum atomic E-state index is 13.6. The third-order valence-electron chi connectivity index (χ3n) is 6.70. The summed E-state index contributed by atoms with van der Waals surface area (Å²) in [6.45, 7) is -0.768. The highest BCUT2D eigenvalue weighted by molar-refractivity contribution is 7.91. The van der Waals surface area contributed by atoms with Crippen molar-refractivity contribution < 1.29 is 29.1 Å². The molecule has 198 valence electrons. The first-order valence-electron chi connectivity index (χ1n) is 13.2. The minimum absolute atomic E-state index is 0.0696. The lowest BCUT2D eigenvalue weighted by Gasteiger charge is -2.14. The van der Waals surface area contributed by atoms with Crippen LogP contribution in [0, 0.1) is 0 Å². The highest BCUT2D eigenvalue weighted by atomic mass is 32.2. The van der Waals surface area contributed by atoms with Crippen LogP contribution in [0.3, 0.4) is 0 Å². The number of halogens is 3. The summed E-state index contributed by atoms with van der Waals surface area (Å²) in [6.07, 6.45) is -2.56. The third-order valence-corrected chi connectivity index (χ3v) is 8.45. The molecular formula is C29H27F3N2O3S. The van der Waals surface area contributed by atoms with Crippen LogP contribution in [-0.4, -0.2) is 24.6 Å². The molecule has 1 amide bonds. The fourth-order valence-corrected chi connectivity index (χ4v) is 5.48. The Labute approximate surface area is 222 Å². The molecule has 0 aliphatic heterocycles. The average molecular weight is 543 g/mol. The molecule has 0 saturated heterocycles. The predicted molar refractivity (Wildman–Crippen MR) is 140 cm³/mol. The van der Waals surface area contributed by atoms with E-state index in [0.717, 1.165) is 24.4 Å². The van der Waals surface area contributed by atoms with Gasteiger partial charge in [-0.25, -0.2) is 8.42 Å². The van der Waals surface area contributed by atoms with E-state index in [1.807, 2.05) is 4.57 Å². The van der Waals surface area contributed by atoms with Crippen molar-refractivity contribution in [3.05, 3.63) is 101 Å². The maximum absolute atomic E-state index is 13.6. The summed E-state index contributed by atoms with van der Waals surface area (Å²) in [5.41, 5.74) is 1.28. The van der Waals surface area contributed by atoms with Gasteiger partial charge in [0.1, 0.15) is 0 Å². The number of alkyl halides is 3. The highest BCUT2D eigenvalue weighted by Gasteiger charge is 2.34. The quantitative estimate of drug-likeness (QED) is 0.284. The van der Waals surface area contributed by atoms with Crippen LogP contribution in [0.15, 0.2) is 77.7 Å². The minimum atomic E-state index is -4.47. The highest BCUT2D eigenvalue weighted by Crippen LogP contribution is 2.41. The molecule has 1 N–H and O–H groups in total. The summed E-state index contributed by atoms with van der Waals surface area (Å²) in [4.78, 5) is 13.1. The van der Waals surface area contributed by atoms with E-state index < -0.39 is 34.0 Å². The normalized spacial score (nSPS) is 15.3.